The zero-order chi connectivity index (χ0) is 17.9. The molecule has 1 unspecified atom stereocenters. The maximum Gasteiger partial charge on any atom is 0.410 e. The summed E-state index contributed by atoms with van der Waals surface area (Å²) in [5, 5.41) is 0. The van der Waals surface area contributed by atoms with E-state index in [0.29, 0.717) is 11.3 Å². The molecule has 0 bridgehead atoms. The fourth-order valence-corrected chi connectivity index (χ4v) is 2.51. The van der Waals surface area contributed by atoms with Gasteiger partial charge in [-0.05, 0) is 45.0 Å². The zero-order valence-corrected chi connectivity index (χ0v) is 14.5. The predicted molar refractivity (Wildman–Crippen MR) is 88.2 cm³/mol. The number of rotatable bonds is 3. The molecule has 1 heterocycles. The normalized spacial score (nSPS) is 18.2. The average molecular weight is 333 g/mol. The van der Waals surface area contributed by atoms with E-state index in [2.05, 4.69) is 0 Å². The Kier molecular flexibility index (Phi) is 5.26. The summed E-state index contributed by atoms with van der Waals surface area (Å²) < 4.78 is 10.4. The Balaban J connectivity index is 2.11. The summed E-state index contributed by atoms with van der Waals surface area (Å²) >= 11 is 0. The Bertz CT molecular complexity index is 630. The number of likely N-dealkylation sites (tertiary alicyclic amines) is 1. The molecular weight excluding hydrogens is 310 g/mol. The number of ketones is 2. The van der Waals surface area contributed by atoms with E-state index in [1.54, 1.807) is 52.1 Å². The second-order valence-corrected chi connectivity index (χ2v) is 6.79. The first-order chi connectivity index (χ1) is 11.2. The van der Waals surface area contributed by atoms with Crippen LogP contribution >= 0.6 is 0 Å². The third-order valence-electron chi connectivity index (χ3n) is 3.76. The molecule has 1 amide bonds. The lowest BCUT2D eigenvalue weighted by Gasteiger charge is -2.32. The van der Waals surface area contributed by atoms with Gasteiger partial charge in [0.05, 0.1) is 13.0 Å². The van der Waals surface area contributed by atoms with E-state index in [1.165, 1.54) is 4.90 Å². The summed E-state index contributed by atoms with van der Waals surface area (Å²) in [6.07, 6.45) is -0.339. The standard InChI is InChI=1S/C18H23NO5/c1-18(2,3)24-17(22)19-10-9-15(20)14(11-19)16(21)12-5-7-13(23-4)8-6-12/h5-8,14H,9-11H2,1-4H3. The highest BCUT2D eigenvalue weighted by Gasteiger charge is 2.36. The molecule has 130 valence electrons. The number of piperidine rings is 1. The molecule has 1 fully saturated rings. The molecule has 0 spiro atoms. The molecular formula is C18H23NO5. The molecule has 0 aliphatic carbocycles. The van der Waals surface area contributed by atoms with Gasteiger partial charge in [-0.1, -0.05) is 0 Å². The molecule has 1 aromatic rings. The number of benzene rings is 1. The number of nitrogens with zero attached hydrogens (tertiary/aromatic N) is 1. The van der Waals surface area contributed by atoms with Gasteiger partial charge in [0.2, 0.25) is 0 Å². The van der Waals surface area contributed by atoms with Gasteiger partial charge in [-0.3, -0.25) is 9.59 Å². The molecule has 6 heteroatoms. The van der Waals surface area contributed by atoms with Crippen LogP contribution in [0.2, 0.25) is 0 Å². The summed E-state index contributed by atoms with van der Waals surface area (Å²) in [7, 11) is 1.54. The van der Waals surface area contributed by atoms with E-state index in [1.807, 2.05) is 0 Å². The summed E-state index contributed by atoms with van der Waals surface area (Å²) in [5.41, 5.74) is -0.186. The fourth-order valence-electron chi connectivity index (χ4n) is 2.51. The lowest BCUT2D eigenvalue weighted by atomic mass is 9.89. The van der Waals surface area contributed by atoms with Gasteiger partial charge >= 0.3 is 6.09 Å². The Morgan fingerprint density at radius 1 is 1.17 bits per heavy atom. The minimum Gasteiger partial charge on any atom is -0.497 e. The van der Waals surface area contributed by atoms with E-state index in [9.17, 15) is 14.4 Å². The largest absolute Gasteiger partial charge is 0.497 e. The molecule has 24 heavy (non-hydrogen) atoms. The number of hydrogen-bond donors (Lipinski definition) is 0. The minimum absolute atomic E-state index is 0.0542. The van der Waals surface area contributed by atoms with Crippen LogP contribution in [0.25, 0.3) is 0 Å². The van der Waals surface area contributed by atoms with Crippen LogP contribution < -0.4 is 4.74 Å². The lowest BCUT2D eigenvalue weighted by Crippen LogP contribution is -2.48. The Morgan fingerprint density at radius 2 is 1.79 bits per heavy atom. The van der Waals surface area contributed by atoms with Crippen molar-refractivity contribution in [3.63, 3.8) is 0 Å². The van der Waals surface area contributed by atoms with E-state index in [4.69, 9.17) is 9.47 Å². The highest BCUT2D eigenvalue weighted by atomic mass is 16.6. The monoisotopic (exact) mass is 333 g/mol. The summed E-state index contributed by atoms with van der Waals surface area (Å²) in [6, 6.07) is 6.60. The summed E-state index contributed by atoms with van der Waals surface area (Å²) in [5.74, 6) is -0.636. The van der Waals surface area contributed by atoms with E-state index >= 15 is 0 Å². The topological polar surface area (TPSA) is 72.9 Å². The van der Waals surface area contributed by atoms with Crippen molar-refractivity contribution < 1.29 is 23.9 Å². The van der Waals surface area contributed by atoms with Gasteiger partial charge in [0.15, 0.2) is 5.78 Å². The maximum atomic E-state index is 12.6. The molecule has 0 N–H and O–H groups in total. The van der Waals surface area contributed by atoms with Crippen LogP contribution in [0.15, 0.2) is 24.3 Å². The van der Waals surface area contributed by atoms with E-state index in [-0.39, 0.29) is 31.1 Å². The van der Waals surface area contributed by atoms with Crippen molar-refractivity contribution in [2.24, 2.45) is 5.92 Å². The van der Waals surface area contributed by atoms with Gasteiger partial charge in [-0.25, -0.2) is 4.79 Å². The van der Waals surface area contributed by atoms with Crippen molar-refractivity contribution in [1.29, 1.82) is 0 Å². The van der Waals surface area contributed by atoms with Crippen molar-refractivity contribution in [3.05, 3.63) is 29.8 Å². The Morgan fingerprint density at radius 3 is 2.33 bits per heavy atom. The number of carbonyl (C=O) groups excluding carboxylic acids is 3. The SMILES string of the molecule is COc1ccc(C(=O)C2CN(C(=O)OC(C)(C)C)CCC2=O)cc1. The van der Waals surface area contributed by atoms with Gasteiger partial charge in [0.1, 0.15) is 17.1 Å². The van der Waals surface area contributed by atoms with Crippen LogP contribution in [-0.4, -0.2) is 48.4 Å². The van der Waals surface area contributed by atoms with Gasteiger partial charge < -0.3 is 14.4 Å². The third kappa shape index (κ3) is 4.34. The molecule has 0 aromatic heterocycles. The summed E-state index contributed by atoms with van der Waals surface area (Å²) in [4.78, 5) is 38.4. The van der Waals surface area contributed by atoms with Crippen molar-refractivity contribution in [3.8, 4) is 5.75 Å². The molecule has 2 rings (SSSR count). The van der Waals surface area contributed by atoms with E-state index < -0.39 is 17.6 Å². The van der Waals surface area contributed by atoms with Crippen LogP contribution in [0, 0.1) is 5.92 Å². The smallest absolute Gasteiger partial charge is 0.410 e. The van der Waals surface area contributed by atoms with Crippen LogP contribution in [0.3, 0.4) is 0 Å². The molecule has 1 aliphatic rings. The first-order valence-corrected chi connectivity index (χ1v) is 7.90. The second-order valence-electron chi connectivity index (χ2n) is 6.79. The number of methoxy groups -OCH3 is 1. The first kappa shape index (κ1) is 18.0. The quantitative estimate of drug-likeness (QED) is 0.628. The van der Waals surface area contributed by atoms with Crippen LogP contribution in [0.5, 0.6) is 5.75 Å². The zero-order valence-electron chi connectivity index (χ0n) is 14.5. The van der Waals surface area contributed by atoms with Crippen LogP contribution in [-0.2, 0) is 9.53 Å². The molecule has 6 nitrogen and oxygen atoms in total. The van der Waals surface area contributed by atoms with Crippen molar-refractivity contribution in [2.45, 2.75) is 32.8 Å². The first-order valence-electron chi connectivity index (χ1n) is 7.90. The van der Waals surface area contributed by atoms with Crippen LogP contribution in [0.4, 0.5) is 4.79 Å². The molecule has 1 atom stereocenters. The van der Waals surface area contributed by atoms with Crippen molar-refractivity contribution in [2.75, 3.05) is 20.2 Å². The minimum atomic E-state index is -0.848. The van der Waals surface area contributed by atoms with Gasteiger partial charge in [0, 0.05) is 25.1 Å². The van der Waals surface area contributed by atoms with E-state index in [0.717, 1.165) is 0 Å². The molecule has 1 aromatic carbocycles. The molecule has 0 saturated carbocycles. The third-order valence-corrected chi connectivity index (χ3v) is 3.76. The maximum absolute atomic E-state index is 12.6. The highest BCUT2D eigenvalue weighted by Crippen LogP contribution is 2.22. The summed E-state index contributed by atoms with van der Waals surface area (Å²) in [6.45, 7) is 5.67. The second kappa shape index (κ2) is 7.03. The number of amides is 1. The highest BCUT2D eigenvalue weighted by molar-refractivity contribution is 6.11. The Labute approximate surface area is 141 Å². The number of hydrogen-bond acceptors (Lipinski definition) is 5. The lowest BCUT2D eigenvalue weighted by molar-refractivity contribution is -0.124. The average Bonchev–Trinajstić information content (AvgIpc) is 2.53. The Hall–Kier alpha value is -2.37. The van der Waals surface area contributed by atoms with Crippen molar-refractivity contribution >= 4 is 17.7 Å². The number of Topliss-reactive ketones (excluding diaryl/α,β-unsaturated/α-hetero) is 2. The van der Waals surface area contributed by atoms with Crippen LogP contribution in [0.1, 0.15) is 37.6 Å². The van der Waals surface area contributed by atoms with Gasteiger partial charge in [-0.2, -0.15) is 0 Å². The van der Waals surface area contributed by atoms with Gasteiger partial charge in [-0.15, -0.1) is 0 Å². The molecule has 1 aliphatic heterocycles. The number of ether oxygens (including phenoxy) is 2. The molecule has 0 radical (unpaired) electrons. The number of carbonyl (C=O) groups is 3. The van der Waals surface area contributed by atoms with Gasteiger partial charge in [0.25, 0.3) is 0 Å². The predicted octanol–water partition coefficient (Wildman–Crippen LogP) is 2.70. The molecule has 1 saturated heterocycles. The fraction of sp³-hybridized carbons (Fsp3) is 0.500. The van der Waals surface area contributed by atoms with Crippen molar-refractivity contribution in [1.82, 2.24) is 4.90 Å².